The number of nitrogens with zero attached hydrogens (tertiary/aromatic N) is 2. The number of carbonyl (C=O) groups is 3. The number of rotatable bonds is 7. The lowest BCUT2D eigenvalue weighted by Crippen LogP contribution is -2.51. The minimum Gasteiger partial charge on any atom is -0.495 e. The molecule has 1 fully saturated rings. The van der Waals surface area contributed by atoms with Crippen LogP contribution in [0.4, 0.5) is 5.69 Å². The van der Waals surface area contributed by atoms with Crippen LogP contribution in [0.3, 0.4) is 0 Å². The molecule has 154 valence electrons. The van der Waals surface area contributed by atoms with Gasteiger partial charge in [0.15, 0.2) is 5.76 Å². The molecule has 0 spiro atoms. The summed E-state index contributed by atoms with van der Waals surface area (Å²) in [4.78, 5) is 39.8. The van der Waals surface area contributed by atoms with Crippen molar-refractivity contribution >= 4 is 23.4 Å². The molecule has 2 N–H and O–H groups in total. The smallest absolute Gasteiger partial charge is 0.287 e. The second-order valence-electron chi connectivity index (χ2n) is 6.48. The number of ether oxygens (including phenoxy) is 1. The third-order valence-electron chi connectivity index (χ3n) is 4.65. The van der Waals surface area contributed by atoms with E-state index in [4.69, 9.17) is 9.15 Å². The van der Waals surface area contributed by atoms with Crippen LogP contribution in [-0.4, -0.2) is 69.0 Å². The Labute approximate surface area is 168 Å². The number of furan rings is 1. The van der Waals surface area contributed by atoms with E-state index >= 15 is 0 Å². The lowest BCUT2D eigenvalue weighted by molar-refractivity contribution is -0.132. The van der Waals surface area contributed by atoms with Crippen LogP contribution in [0, 0.1) is 0 Å². The topological polar surface area (TPSA) is 104 Å². The molecular weight excluding hydrogens is 376 g/mol. The number of hydrogen-bond acceptors (Lipinski definition) is 6. The van der Waals surface area contributed by atoms with Crippen LogP contribution in [-0.2, 0) is 9.59 Å². The Balaban J connectivity index is 1.39. The first-order valence-electron chi connectivity index (χ1n) is 9.32. The van der Waals surface area contributed by atoms with Crippen molar-refractivity contribution in [2.24, 2.45) is 0 Å². The Morgan fingerprint density at radius 2 is 1.76 bits per heavy atom. The molecule has 2 heterocycles. The summed E-state index contributed by atoms with van der Waals surface area (Å²) in [7, 11) is 1.64. The van der Waals surface area contributed by atoms with Crippen molar-refractivity contribution < 1.29 is 23.5 Å². The van der Waals surface area contributed by atoms with Crippen molar-refractivity contribution in [1.82, 2.24) is 15.5 Å². The van der Waals surface area contributed by atoms with Crippen molar-refractivity contribution in [3.8, 4) is 5.75 Å². The maximum Gasteiger partial charge on any atom is 0.287 e. The normalized spacial score (nSPS) is 13.7. The predicted octanol–water partition coefficient (Wildman–Crippen LogP) is 0.483. The fraction of sp³-hybridized carbons (Fsp3) is 0.350. The molecule has 1 aromatic carbocycles. The summed E-state index contributed by atoms with van der Waals surface area (Å²) in [6, 6.07) is 10.9. The van der Waals surface area contributed by atoms with Gasteiger partial charge in [-0.3, -0.25) is 14.4 Å². The molecule has 1 aliphatic rings. The summed E-state index contributed by atoms with van der Waals surface area (Å²) in [5.74, 6) is -0.150. The fourth-order valence-electron chi connectivity index (χ4n) is 3.09. The quantitative estimate of drug-likeness (QED) is 0.701. The zero-order chi connectivity index (χ0) is 20.6. The Morgan fingerprint density at radius 3 is 2.45 bits per heavy atom. The van der Waals surface area contributed by atoms with Crippen molar-refractivity contribution in [1.29, 1.82) is 0 Å². The van der Waals surface area contributed by atoms with Gasteiger partial charge in [-0.2, -0.15) is 0 Å². The third kappa shape index (κ3) is 5.28. The lowest BCUT2D eigenvalue weighted by atomic mass is 10.2. The van der Waals surface area contributed by atoms with Gasteiger partial charge in [-0.25, -0.2) is 0 Å². The average molecular weight is 400 g/mol. The second-order valence-corrected chi connectivity index (χ2v) is 6.48. The highest BCUT2D eigenvalue weighted by Gasteiger charge is 2.23. The number of benzene rings is 1. The first kappa shape index (κ1) is 20.2. The minimum atomic E-state index is -0.482. The number of hydrogen-bond donors (Lipinski definition) is 2. The number of amides is 3. The van der Waals surface area contributed by atoms with Gasteiger partial charge in [-0.05, 0) is 24.3 Å². The molecule has 3 rings (SSSR count). The predicted molar refractivity (Wildman–Crippen MR) is 106 cm³/mol. The van der Waals surface area contributed by atoms with Gasteiger partial charge < -0.3 is 29.6 Å². The zero-order valence-corrected chi connectivity index (χ0v) is 16.2. The Kier molecular flexibility index (Phi) is 6.72. The van der Waals surface area contributed by atoms with Crippen LogP contribution in [0.2, 0.25) is 0 Å². The average Bonchev–Trinajstić information content (AvgIpc) is 3.31. The monoisotopic (exact) mass is 400 g/mol. The van der Waals surface area contributed by atoms with Gasteiger partial charge in [0.1, 0.15) is 5.75 Å². The molecule has 0 atom stereocenters. The standard InChI is InChI=1S/C20H24N4O5/c1-28-16-6-3-2-5-15(16)23-8-10-24(11-9-23)19(26)14-21-18(25)13-22-20(27)17-7-4-12-29-17/h2-7,12H,8-11,13-14H2,1H3,(H,21,25)(H,22,27). The molecule has 2 aromatic rings. The molecule has 0 unspecified atom stereocenters. The molecule has 29 heavy (non-hydrogen) atoms. The molecule has 0 radical (unpaired) electrons. The van der Waals surface area contributed by atoms with Crippen molar-refractivity contribution in [2.75, 3.05) is 51.3 Å². The van der Waals surface area contributed by atoms with E-state index in [0.717, 1.165) is 11.4 Å². The van der Waals surface area contributed by atoms with E-state index in [9.17, 15) is 14.4 Å². The van der Waals surface area contributed by atoms with Gasteiger partial charge in [0, 0.05) is 26.2 Å². The summed E-state index contributed by atoms with van der Waals surface area (Å²) in [5.41, 5.74) is 1.00. The van der Waals surface area contributed by atoms with E-state index in [1.54, 1.807) is 18.1 Å². The van der Waals surface area contributed by atoms with E-state index in [1.807, 2.05) is 24.3 Å². The van der Waals surface area contributed by atoms with Gasteiger partial charge in [0.25, 0.3) is 5.91 Å². The Bertz CT molecular complexity index is 844. The number of carbonyl (C=O) groups excluding carboxylic acids is 3. The first-order valence-corrected chi connectivity index (χ1v) is 9.32. The third-order valence-corrected chi connectivity index (χ3v) is 4.65. The molecule has 9 nitrogen and oxygen atoms in total. The van der Waals surface area contributed by atoms with Crippen LogP contribution in [0.1, 0.15) is 10.6 Å². The van der Waals surface area contributed by atoms with Crippen LogP contribution in [0.15, 0.2) is 47.1 Å². The maximum absolute atomic E-state index is 12.4. The van der Waals surface area contributed by atoms with E-state index in [1.165, 1.54) is 12.3 Å². The maximum atomic E-state index is 12.4. The van der Waals surface area contributed by atoms with E-state index in [2.05, 4.69) is 15.5 Å². The Hall–Kier alpha value is -3.49. The summed E-state index contributed by atoms with van der Waals surface area (Å²) in [6.45, 7) is 2.14. The molecule has 0 saturated carbocycles. The minimum absolute atomic E-state index is 0.107. The summed E-state index contributed by atoms with van der Waals surface area (Å²) in [5, 5.41) is 4.97. The van der Waals surface area contributed by atoms with Crippen molar-refractivity contribution in [2.45, 2.75) is 0 Å². The zero-order valence-electron chi connectivity index (χ0n) is 16.2. The van der Waals surface area contributed by atoms with E-state index in [0.29, 0.717) is 26.2 Å². The lowest BCUT2D eigenvalue weighted by Gasteiger charge is -2.36. The molecule has 1 saturated heterocycles. The largest absolute Gasteiger partial charge is 0.495 e. The molecule has 1 aliphatic heterocycles. The van der Waals surface area contributed by atoms with Gasteiger partial charge in [0.05, 0.1) is 32.1 Å². The molecule has 1 aromatic heterocycles. The number of methoxy groups -OCH3 is 1. The van der Waals surface area contributed by atoms with Gasteiger partial charge >= 0.3 is 0 Å². The second kappa shape index (κ2) is 9.63. The fourth-order valence-corrected chi connectivity index (χ4v) is 3.09. The number of para-hydroxylation sites is 2. The number of piperazine rings is 1. The van der Waals surface area contributed by atoms with Crippen LogP contribution in [0.25, 0.3) is 0 Å². The SMILES string of the molecule is COc1ccccc1N1CCN(C(=O)CNC(=O)CNC(=O)c2ccco2)CC1. The van der Waals surface area contributed by atoms with E-state index < -0.39 is 11.8 Å². The van der Waals surface area contributed by atoms with Crippen molar-refractivity contribution in [3.05, 3.63) is 48.4 Å². The molecule has 0 aliphatic carbocycles. The highest BCUT2D eigenvalue weighted by molar-refractivity contribution is 5.94. The van der Waals surface area contributed by atoms with Crippen LogP contribution in [0.5, 0.6) is 5.75 Å². The summed E-state index contributed by atoms with van der Waals surface area (Å²) in [6.07, 6.45) is 1.38. The van der Waals surface area contributed by atoms with Crippen molar-refractivity contribution in [3.63, 3.8) is 0 Å². The number of nitrogens with one attached hydrogen (secondary N) is 2. The molecular formula is C20H24N4O5. The summed E-state index contributed by atoms with van der Waals surface area (Å²) >= 11 is 0. The first-order chi connectivity index (χ1) is 14.1. The van der Waals surface area contributed by atoms with E-state index in [-0.39, 0.29) is 24.8 Å². The van der Waals surface area contributed by atoms with Gasteiger partial charge in [0.2, 0.25) is 11.8 Å². The highest BCUT2D eigenvalue weighted by atomic mass is 16.5. The van der Waals surface area contributed by atoms with Gasteiger partial charge in [-0.15, -0.1) is 0 Å². The Morgan fingerprint density at radius 1 is 1.00 bits per heavy atom. The van der Waals surface area contributed by atoms with Crippen LogP contribution < -0.4 is 20.3 Å². The molecule has 9 heteroatoms. The highest BCUT2D eigenvalue weighted by Crippen LogP contribution is 2.28. The van der Waals surface area contributed by atoms with Crippen LogP contribution >= 0.6 is 0 Å². The van der Waals surface area contributed by atoms with Gasteiger partial charge in [-0.1, -0.05) is 12.1 Å². The number of anilines is 1. The summed E-state index contributed by atoms with van der Waals surface area (Å²) < 4.78 is 10.3. The molecule has 3 amide bonds. The molecule has 0 bridgehead atoms.